The molecule has 92 valence electrons. The Morgan fingerprint density at radius 1 is 0.429 bits per heavy atom. The minimum Gasteiger partial charge on any atom is -0.107 e. The van der Waals surface area contributed by atoms with E-state index in [1.807, 2.05) is 0 Å². The Kier molecular flexibility index (Phi) is 51.5. The zero-order valence-electron chi connectivity index (χ0n) is 10.5. The predicted molar refractivity (Wildman–Crippen MR) is 90.5 cm³/mol. The average molecular weight is 428 g/mol. The number of rotatable bonds is 6. The molecule has 0 aliphatic heterocycles. The van der Waals surface area contributed by atoms with Crippen LogP contribution in [0, 0.1) is 0 Å². The van der Waals surface area contributed by atoms with Gasteiger partial charge in [-0.2, -0.15) is 0 Å². The van der Waals surface area contributed by atoms with Gasteiger partial charge in [0, 0.05) is 0 Å². The first-order chi connectivity index (χ1) is 5.83. The van der Waals surface area contributed by atoms with E-state index < -0.39 is 0 Å². The van der Waals surface area contributed by atoms with E-state index in [0.717, 1.165) is 0 Å². The molecule has 0 spiro atoms. The fourth-order valence-corrected chi connectivity index (χ4v) is 1.000. The van der Waals surface area contributed by atoms with Crippen molar-refractivity contribution in [3.63, 3.8) is 0 Å². The summed E-state index contributed by atoms with van der Waals surface area (Å²) in [4.78, 5) is 0. The van der Waals surface area contributed by atoms with Crippen molar-refractivity contribution in [2.75, 3.05) is 0 Å². The van der Waals surface area contributed by atoms with Crippen molar-refractivity contribution in [1.82, 2.24) is 0 Å². The maximum Gasteiger partial charge on any atom is -0.0536 e. The molecule has 2 heteroatoms. The van der Waals surface area contributed by atoms with Crippen LogP contribution in [0.25, 0.3) is 0 Å². The molecule has 0 amide bonds. The number of unbranched alkanes of at least 4 members (excludes halogenated alkanes) is 6. The lowest BCUT2D eigenvalue weighted by atomic mass is 10.2. The largest absolute Gasteiger partial charge is 0.107 e. The van der Waals surface area contributed by atoms with Crippen LogP contribution in [-0.4, -0.2) is 0 Å². The molecule has 0 bridgehead atoms. The van der Waals surface area contributed by atoms with E-state index in [1.165, 1.54) is 51.4 Å². The van der Waals surface area contributed by atoms with E-state index in [1.54, 1.807) is 0 Å². The van der Waals surface area contributed by atoms with Crippen LogP contribution in [0.15, 0.2) is 0 Å². The van der Waals surface area contributed by atoms with Gasteiger partial charge in [0.05, 0.1) is 0 Å². The Labute approximate surface area is 126 Å². The lowest BCUT2D eigenvalue weighted by Gasteiger charge is -1.86. The lowest BCUT2D eigenvalue weighted by molar-refractivity contribution is 0.702. The molecule has 0 nitrogen and oxygen atoms in total. The quantitative estimate of drug-likeness (QED) is 0.339. The molecule has 0 aromatic rings. The molecule has 0 atom stereocenters. The Hall–Kier alpha value is 1.46. The molecule has 0 aliphatic carbocycles. The highest BCUT2D eigenvalue weighted by Crippen LogP contribution is 1.95. The van der Waals surface area contributed by atoms with Gasteiger partial charge in [0.15, 0.2) is 0 Å². The molecule has 14 heavy (non-hydrogen) atoms. The van der Waals surface area contributed by atoms with Crippen molar-refractivity contribution in [1.29, 1.82) is 0 Å². The molecule has 0 radical (unpaired) electrons. The topological polar surface area (TPSA) is 0 Å². The number of hydrogen-bond acceptors (Lipinski definition) is 0. The molecule has 0 heterocycles. The second kappa shape index (κ2) is 29.3. The standard InChI is InChI=1S/2C6H14.2HI/c2*1-3-5-6-4-2;;/h2*3-6H2,1-2H3;2*1H. The highest BCUT2D eigenvalue weighted by molar-refractivity contribution is 14.0. The van der Waals surface area contributed by atoms with Crippen molar-refractivity contribution in [2.24, 2.45) is 0 Å². The van der Waals surface area contributed by atoms with Crippen molar-refractivity contribution in [2.45, 2.75) is 79.1 Å². The van der Waals surface area contributed by atoms with Gasteiger partial charge in [-0.1, -0.05) is 79.1 Å². The Bertz CT molecular complexity index is 40.3. The average Bonchev–Trinajstić information content (AvgIpc) is 2.12. The molecule has 0 fully saturated rings. The Morgan fingerprint density at radius 3 is 0.643 bits per heavy atom. The van der Waals surface area contributed by atoms with Gasteiger partial charge in [0.25, 0.3) is 0 Å². The molecule has 0 unspecified atom stereocenters. The predicted octanol–water partition coefficient (Wildman–Crippen LogP) is 6.41. The summed E-state index contributed by atoms with van der Waals surface area (Å²) in [6.45, 7) is 8.93. The minimum absolute atomic E-state index is 0. The van der Waals surface area contributed by atoms with Crippen LogP contribution in [0.5, 0.6) is 0 Å². The summed E-state index contributed by atoms with van der Waals surface area (Å²) in [6, 6.07) is 0. The van der Waals surface area contributed by atoms with Gasteiger partial charge in [0.1, 0.15) is 0 Å². The van der Waals surface area contributed by atoms with Crippen LogP contribution < -0.4 is 0 Å². The van der Waals surface area contributed by atoms with Gasteiger partial charge >= 0.3 is 0 Å². The number of halogens is 2. The third kappa shape index (κ3) is 37.5. The zero-order valence-corrected chi connectivity index (χ0v) is 15.1. The van der Waals surface area contributed by atoms with Gasteiger partial charge < -0.3 is 0 Å². The summed E-state index contributed by atoms with van der Waals surface area (Å²) in [5.41, 5.74) is 0. The second-order valence-electron chi connectivity index (χ2n) is 3.41. The second-order valence-corrected chi connectivity index (χ2v) is 3.41. The summed E-state index contributed by atoms with van der Waals surface area (Å²) in [6.07, 6.45) is 11.1. The van der Waals surface area contributed by atoms with Crippen LogP contribution in [0.1, 0.15) is 79.1 Å². The Balaban J connectivity index is -0.0000000625. The summed E-state index contributed by atoms with van der Waals surface area (Å²) in [7, 11) is 0. The normalized spacial score (nSPS) is 7.71. The van der Waals surface area contributed by atoms with E-state index in [0.29, 0.717) is 0 Å². The molecule has 0 aliphatic rings. The maximum absolute atomic E-state index is 2.23. The van der Waals surface area contributed by atoms with Crippen molar-refractivity contribution in [3.05, 3.63) is 0 Å². The monoisotopic (exact) mass is 428 g/mol. The summed E-state index contributed by atoms with van der Waals surface area (Å²) >= 11 is 0. The third-order valence-corrected chi connectivity index (χ3v) is 1.91. The molecule has 0 aromatic heterocycles. The van der Waals surface area contributed by atoms with Crippen LogP contribution >= 0.6 is 48.0 Å². The Morgan fingerprint density at radius 2 is 0.571 bits per heavy atom. The van der Waals surface area contributed by atoms with Gasteiger partial charge in [-0.15, -0.1) is 48.0 Å². The van der Waals surface area contributed by atoms with Crippen LogP contribution in [0.3, 0.4) is 0 Å². The molecular formula is C12H30I2. The molecule has 0 saturated carbocycles. The van der Waals surface area contributed by atoms with E-state index >= 15 is 0 Å². The smallest absolute Gasteiger partial charge is 0.0536 e. The van der Waals surface area contributed by atoms with Gasteiger partial charge in [-0.05, 0) is 0 Å². The first kappa shape index (κ1) is 24.6. The van der Waals surface area contributed by atoms with E-state index in [9.17, 15) is 0 Å². The fraction of sp³-hybridized carbons (Fsp3) is 1.00. The molecular weight excluding hydrogens is 398 g/mol. The number of hydrogen-bond donors (Lipinski definition) is 0. The highest BCUT2D eigenvalue weighted by atomic mass is 127. The summed E-state index contributed by atoms with van der Waals surface area (Å²) in [5.74, 6) is 0. The highest BCUT2D eigenvalue weighted by Gasteiger charge is 1.75. The first-order valence-corrected chi connectivity index (χ1v) is 5.83. The summed E-state index contributed by atoms with van der Waals surface area (Å²) < 4.78 is 0. The van der Waals surface area contributed by atoms with E-state index in [2.05, 4.69) is 27.7 Å². The molecule has 0 saturated heterocycles. The summed E-state index contributed by atoms with van der Waals surface area (Å²) in [5, 5.41) is 0. The van der Waals surface area contributed by atoms with Crippen molar-refractivity contribution in [3.8, 4) is 0 Å². The van der Waals surface area contributed by atoms with E-state index in [-0.39, 0.29) is 48.0 Å². The van der Waals surface area contributed by atoms with Crippen LogP contribution in [0.4, 0.5) is 0 Å². The van der Waals surface area contributed by atoms with E-state index in [4.69, 9.17) is 0 Å². The van der Waals surface area contributed by atoms with Crippen LogP contribution in [0.2, 0.25) is 0 Å². The van der Waals surface area contributed by atoms with Crippen molar-refractivity contribution < 1.29 is 0 Å². The third-order valence-electron chi connectivity index (χ3n) is 1.91. The van der Waals surface area contributed by atoms with Gasteiger partial charge in [-0.25, -0.2) is 0 Å². The molecule has 0 aromatic carbocycles. The molecule has 0 rings (SSSR count). The van der Waals surface area contributed by atoms with Gasteiger partial charge in [0.2, 0.25) is 0 Å². The first-order valence-electron chi connectivity index (χ1n) is 5.83. The minimum atomic E-state index is 0. The maximum atomic E-state index is 2.23. The van der Waals surface area contributed by atoms with Crippen molar-refractivity contribution >= 4 is 48.0 Å². The molecule has 0 N–H and O–H groups in total. The van der Waals surface area contributed by atoms with Crippen LogP contribution in [-0.2, 0) is 0 Å². The lowest BCUT2D eigenvalue weighted by Crippen LogP contribution is -1.66. The zero-order chi connectivity index (χ0) is 9.66. The van der Waals surface area contributed by atoms with Gasteiger partial charge in [-0.3, -0.25) is 0 Å². The SMILES string of the molecule is CCCCCC.CCCCCC.I.I. The fourth-order valence-electron chi connectivity index (χ4n) is 1.000.